The lowest BCUT2D eigenvalue weighted by atomic mass is 10.1. The topological polar surface area (TPSA) is 21.3 Å². The van der Waals surface area contributed by atoms with E-state index in [1.807, 2.05) is 30.3 Å². The second kappa shape index (κ2) is 6.17. The molecule has 2 aromatic rings. The molecule has 0 aromatic heterocycles. The Hall–Kier alpha value is -1.03. The van der Waals surface area contributed by atoms with Gasteiger partial charge in [-0.3, -0.25) is 0 Å². The van der Waals surface area contributed by atoms with Gasteiger partial charge < -0.3 is 10.1 Å². The van der Waals surface area contributed by atoms with Gasteiger partial charge in [0.05, 0.1) is 0 Å². The molecule has 1 unspecified atom stereocenters. The molecule has 1 N–H and O–H groups in total. The van der Waals surface area contributed by atoms with Crippen molar-refractivity contribution in [1.29, 1.82) is 0 Å². The molecular formula is C16H15BrClNO. The van der Waals surface area contributed by atoms with Gasteiger partial charge in [0.15, 0.2) is 0 Å². The number of hydrogen-bond donors (Lipinski definition) is 1. The molecule has 2 aromatic carbocycles. The highest BCUT2D eigenvalue weighted by molar-refractivity contribution is 9.10. The molecule has 1 aliphatic heterocycles. The summed E-state index contributed by atoms with van der Waals surface area (Å²) in [6.45, 7) is 1.66. The van der Waals surface area contributed by atoms with Crippen LogP contribution in [0.25, 0.3) is 0 Å². The van der Waals surface area contributed by atoms with Crippen molar-refractivity contribution in [3.05, 3.63) is 63.1 Å². The van der Waals surface area contributed by atoms with E-state index in [-0.39, 0.29) is 6.10 Å². The van der Waals surface area contributed by atoms with E-state index in [0.29, 0.717) is 0 Å². The highest BCUT2D eigenvalue weighted by Gasteiger charge is 2.22. The van der Waals surface area contributed by atoms with Crippen LogP contribution in [0.1, 0.15) is 11.1 Å². The van der Waals surface area contributed by atoms with E-state index in [1.54, 1.807) is 0 Å². The molecule has 104 valence electrons. The Labute approximate surface area is 132 Å². The smallest absolute Gasteiger partial charge is 0.123 e. The maximum Gasteiger partial charge on any atom is 0.123 e. The zero-order valence-corrected chi connectivity index (χ0v) is 13.2. The highest BCUT2D eigenvalue weighted by atomic mass is 79.9. The molecule has 4 heteroatoms. The first kappa shape index (κ1) is 13.9. The Bertz CT molecular complexity index is 617. The monoisotopic (exact) mass is 351 g/mol. The molecule has 3 rings (SSSR count). The molecule has 1 aliphatic rings. The predicted molar refractivity (Wildman–Crippen MR) is 85.4 cm³/mol. The lowest BCUT2D eigenvalue weighted by Crippen LogP contribution is -2.29. The number of rotatable bonds is 4. The van der Waals surface area contributed by atoms with Crippen LogP contribution in [0.15, 0.2) is 46.9 Å². The second-order valence-corrected chi connectivity index (χ2v) is 6.21. The SMILES string of the molecule is Clc1ccc2c(c1)CC(CNCc1ccccc1Br)O2. The van der Waals surface area contributed by atoms with Gasteiger partial charge in [-0.25, -0.2) is 0 Å². The third-order valence-corrected chi connectivity index (χ3v) is 4.42. The minimum absolute atomic E-state index is 0.186. The summed E-state index contributed by atoms with van der Waals surface area (Å²) >= 11 is 9.55. The first-order valence-electron chi connectivity index (χ1n) is 6.61. The highest BCUT2D eigenvalue weighted by Crippen LogP contribution is 2.30. The summed E-state index contributed by atoms with van der Waals surface area (Å²) in [7, 11) is 0. The number of halogens is 2. The minimum atomic E-state index is 0.186. The number of benzene rings is 2. The van der Waals surface area contributed by atoms with Gasteiger partial charge in [0.25, 0.3) is 0 Å². The summed E-state index contributed by atoms with van der Waals surface area (Å²) in [6.07, 6.45) is 1.10. The molecule has 0 bridgehead atoms. The lowest BCUT2D eigenvalue weighted by molar-refractivity contribution is 0.227. The van der Waals surface area contributed by atoms with Crippen molar-refractivity contribution in [2.75, 3.05) is 6.54 Å². The second-order valence-electron chi connectivity index (χ2n) is 4.92. The van der Waals surface area contributed by atoms with Gasteiger partial charge in [0.1, 0.15) is 11.9 Å². The van der Waals surface area contributed by atoms with Crippen molar-refractivity contribution in [2.24, 2.45) is 0 Å². The quantitative estimate of drug-likeness (QED) is 0.890. The van der Waals surface area contributed by atoms with Gasteiger partial charge in [-0.05, 0) is 35.4 Å². The normalized spacial score (nSPS) is 16.8. The molecule has 0 amide bonds. The number of ether oxygens (including phenoxy) is 1. The van der Waals surface area contributed by atoms with Crippen LogP contribution < -0.4 is 10.1 Å². The fourth-order valence-electron chi connectivity index (χ4n) is 2.41. The Kier molecular flexibility index (Phi) is 4.29. The van der Waals surface area contributed by atoms with Crippen LogP contribution in [0.3, 0.4) is 0 Å². The largest absolute Gasteiger partial charge is 0.488 e. The lowest BCUT2D eigenvalue weighted by Gasteiger charge is -2.12. The van der Waals surface area contributed by atoms with Crippen LogP contribution in [0.2, 0.25) is 5.02 Å². The summed E-state index contributed by atoms with van der Waals surface area (Å²) in [6, 6.07) is 14.1. The van der Waals surface area contributed by atoms with E-state index in [4.69, 9.17) is 16.3 Å². The van der Waals surface area contributed by atoms with Crippen LogP contribution in [0, 0.1) is 0 Å². The van der Waals surface area contributed by atoms with E-state index in [0.717, 1.165) is 34.8 Å². The van der Waals surface area contributed by atoms with E-state index < -0.39 is 0 Å². The molecule has 0 radical (unpaired) electrons. The molecule has 0 fully saturated rings. The first-order chi connectivity index (χ1) is 9.72. The van der Waals surface area contributed by atoms with Gasteiger partial charge in [0, 0.05) is 29.0 Å². The molecule has 0 saturated carbocycles. The maximum atomic E-state index is 6.00. The standard InChI is InChI=1S/C16H15BrClNO/c17-15-4-2-1-3-11(15)9-19-10-14-8-12-7-13(18)5-6-16(12)20-14/h1-7,14,19H,8-10H2. The Balaban J connectivity index is 1.53. The number of hydrogen-bond acceptors (Lipinski definition) is 2. The van der Waals surface area contributed by atoms with Crippen molar-refractivity contribution < 1.29 is 4.74 Å². The van der Waals surface area contributed by atoms with Gasteiger partial charge >= 0.3 is 0 Å². The molecule has 0 saturated heterocycles. The summed E-state index contributed by atoms with van der Waals surface area (Å²) < 4.78 is 7.03. The van der Waals surface area contributed by atoms with Crippen LogP contribution >= 0.6 is 27.5 Å². The van der Waals surface area contributed by atoms with Crippen molar-refractivity contribution in [1.82, 2.24) is 5.32 Å². The summed E-state index contributed by atoms with van der Waals surface area (Å²) in [5.41, 5.74) is 2.45. The minimum Gasteiger partial charge on any atom is -0.488 e. The Morgan fingerprint density at radius 1 is 1.25 bits per heavy atom. The maximum absolute atomic E-state index is 6.00. The van der Waals surface area contributed by atoms with Gasteiger partial charge in [-0.2, -0.15) is 0 Å². The Morgan fingerprint density at radius 3 is 2.95 bits per heavy atom. The van der Waals surface area contributed by atoms with Crippen LogP contribution in [0.5, 0.6) is 5.75 Å². The van der Waals surface area contributed by atoms with Crippen molar-refractivity contribution in [2.45, 2.75) is 19.1 Å². The average molecular weight is 353 g/mol. The van der Waals surface area contributed by atoms with Crippen molar-refractivity contribution in [3.63, 3.8) is 0 Å². The van der Waals surface area contributed by atoms with Crippen LogP contribution in [-0.4, -0.2) is 12.6 Å². The molecule has 20 heavy (non-hydrogen) atoms. The van der Waals surface area contributed by atoms with Crippen LogP contribution in [0.4, 0.5) is 0 Å². The summed E-state index contributed by atoms with van der Waals surface area (Å²) in [4.78, 5) is 0. The van der Waals surface area contributed by atoms with Gasteiger partial charge in [-0.1, -0.05) is 45.7 Å². The van der Waals surface area contributed by atoms with Gasteiger partial charge in [-0.15, -0.1) is 0 Å². The van der Waals surface area contributed by atoms with Crippen LogP contribution in [-0.2, 0) is 13.0 Å². The Morgan fingerprint density at radius 2 is 2.10 bits per heavy atom. The van der Waals surface area contributed by atoms with Crippen molar-refractivity contribution in [3.8, 4) is 5.75 Å². The van der Waals surface area contributed by atoms with Crippen molar-refractivity contribution >= 4 is 27.5 Å². The third kappa shape index (κ3) is 3.17. The third-order valence-electron chi connectivity index (χ3n) is 3.41. The first-order valence-corrected chi connectivity index (χ1v) is 7.78. The molecule has 0 aliphatic carbocycles. The molecule has 0 spiro atoms. The average Bonchev–Trinajstić information content (AvgIpc) is 2.83. The molecule has 1 heterocycles. The predicted octanol–water partition coefficient (Wildman–Crippen LogP) is 4.20. The zero-order valence-electron chi connectivity index (χ0n) is 10.9. The fraction of sp³-hybridized carbons (Fsp3) is 0.250. The summed E-state index contributed by atoms with van der Waals surface area (Å²) in [5, 5.41) is 4.22. The summed E-state index contributed by atoms with van der Waals surface area (Å²) in [5.74, 6) is 0.960. The number of nitrogens with one attached hydrogen (secondary N) is 1. The van der Waals surface area contributed by atoms with Gasteiger partial charge in [0.2, 0.25) is 0 Å². The van der Waals surface area contributed by atoms with E-state index >= 15 is 0 Å². The molecule has 2 nitrogen and oxygen atoms in total. The van der Waals surface area contributed by atoms with E-state index in [2.05, 4.69) is 33.4 Å². The fourth-order valence-corrected chi connectivity index (χ4v) is 3.03. The molecule has 1 atom stereocenters. The zero-order chi connectivity index (χ0) is 13.9. The number of fused-ring (bicyclic) bond motifs is 1. The van der Waals surface area contributed by atoms with E-state index in [9.17, 15) is 0 Å². The molecular weight excluding hydrogens is 338 g/mol. The van der Waals surface area contributed by atoms with E-state index in [1.165, 1.54) is 11.1 Å².